The van der Waals surface area contributed by atoms with Gasteiger partial charge >= 0.3 is 0 Å². The average Bonchev–Trinajstić information content (AvgIpc) is 3.80. The molecule has 0 aliphatic heterocycles. The van der Waals surface area contributed by atoms with Crippen LogP contribution in [0.4, 0.5) is 34.1 Å². The van der Waals surface area contributed by atoms with Crippen LogP contribution in [0.1, 0.15) is 25.0 Å². The highest BCUT2D eigenvalue weighted by Crippen LogP contribution is 2.57. The largest absolute Gasteiger partial charge is 0.455 e. The minimum atomic E-state index is -0.346. The third-order valence-electron chi connectivity index (χ3n) is 12.2. The van der Waals surface area contributed by atoms with E-state index in [4.69, 9.17) is 4.42 Å². The van der Waals surface area contributed by atoms with E-state index in [9.17, 15) is 0 Å². The Kier molecular flexibility index (Phi) is 8.49. The van der Waals surface area contributed by atoms with Crippen LogP contribution in [0.15, 0.2) is 223 Å². The van der Waals surface area contributed by atoms with Crippen LogP contribution < -0.4 is 9.80 Å². The summed E-state index contributed by atoms with van der Waals surface area (Å²) in [6.07, 6.45) is 0. The van der Waals surface area contributed by atoms with Crippen LogP contribution >= 0.6 is 0 Å². The second kappa shape index (κ2) is 14.3. The molecule has 1 aliphatic rings. The van der Waals surface area contributed by atoms with Crippen molar-refractivity contribution in [2.24, 2.45) is 0 Å². The maximum atomic E-state index is 7.01. The van der Waals surface area contributed by atoms with E-state index in [0.717, 1.165) is 56.1 Å². The Hall–Kier alpha value is -7.62. The van der Waals surface area contributed by atoms with Crippen LogP contribution in [0.25, 0.3) is 55.3 Å². The highest BCUT2D eigenvalue weighted by Gasteiger charge is 2.40. The van der Waals surface area contributed by atoms with E-state index in [0.29, 0.717) is 0 Å². The van der Waals surface area contributed by atoms with Gasteiger partial charge in [0, 0.05) is 44.8 Å². The monoisotopic (exact) mass is 770 g/mol. The molecule has 286 valence electrons. The molecule has 0 amide bonds. The van der Waals surface area contributed by atoms with Crippen molar-refractivity contribution in [2.45, 2.75) is 19.3 Å². The van der Waals surface area contributed by atoms with Gasteiger partial charge in [-0.3, -0.25) is 0 Å². The van der Waals surface area contributed by atoms with Crippen molar-refractivity contribution >= 4 is 56.1 Å². The number of fused-ring (bicyclic) bond motifs is 7. The summed E-state index contributed by atoms with van der Waals surface area (Å²) in [4.78, 5) is 4.77. The molecule has 0 saturated heterocycles. The molecule has 10 aromatic rings. The molecule has 3 nitrogen and oxygen atoms in total. The third-order valence-corrected chi connectivity index (χ3v) is 12.2. The van der Waals surface area contributed by atoms with Crippen molar-refractivity contribution < 1.29 is 4.42 Å². The van der Waals surface area contributed by atoms with Crippen molar-refractivity contribution in [1.29, 1.82) is 0 Å². The Labute approximate surface area is 351 Å². The Morgan fingerprint density at radius 3 is 1.42 bits per heavy atom. The van der Waals surface area contributed by atoms with E-state index in [-0.39, 0.29) is 5.41 Å². The summed E-state index contributed by atoms with van der Waals surface area (Å²) >= 11 is 0. The van der Waals surface area contributed by atoms with Gasteiger partial charge in [0.05, 0.1) is 11.1 Å². The predicted molar refractivity (Wildman–Crippen MR) is 252 cm³/mol. The summed E-state index contributed by atoms with van der Waals surface area (Å²) in [5, 5.41) is 2.21. The van der Waals surface area contributed by atoms with Crippen LogP contribution in [0, 0.1) is 0 Å². The zero-order valence-electron chi connectivity index (χ0n) is 33.6. The Balaban J connectivity index is 1.09. The van der Waals surface area contributed by atoms with Crippen LogP contribution in [0.3, 0.4) is 0 Å². The van der Waals surface area contributed by atoms with E-state index in [2.05, 4.69) is 242 Å². The van der Waals surface area contributed by atoms with Gasteiger partial charge in [-0.05, 0) is 112 Å². The van der Waals surface area contributed by atoms with E-state index in [1.165, 1.54) is 44.5 Å². The Morgan fingerprint density at radius 1 is 0.383 bits per heavy atom. The summed E-state index contributed by atoms with van der Waals surface area (Å²) in [5.74, 6) is 0. The predicted octanol–water partition coefficient (Wildman–Crippen LogP) is 16.2. The van der Waals surface area contributed by atoms with Crippen LogP contribution in [0.2, 0.25) is 0 Å². The minimum absolute atomic E-state index is 0.346. The van der Waals surface area contributed by atoms with E-state index >= 15 is 0 Å². The number of furan rings is 1. The molecule has 11 rings (SSSR count). The fourth-order valence-electron chi connectivity index (χ4n) is 9.26. The Morgan fingerprint density at radius 2 is 0.833 bits per heavy atom. The molecule has 0 bridgehead atoms. The van der Waals surface area contributed by atoms with Gasteiger partial charge in [0.1, 0.15) is 11.2 Å². The molecule has 9 aromatic carbocycles. The standard InChI is InChI=1S/C57H42N2O/c1-57(2)50-37-47(58(43-21-11-5-12-22-43)45-31-27-41(28-32-45)39-17-7-3-8-18-39)35-36-48(50)54-51(57)38-52(55-49-25-15-16-26-53(49)60-56(54)55)59(44-23-13-6-14-24-44)46-33-29-42(30-34-46)40-19-9-4-10-20-40/h3-38H,1-2H3. The number of nitrogens with zero attached hydrogens (tertiary/aromatic N) is 2. The van der Waals surface area contributed by atoms with Gasteiger partial charge in [-0.2, -0.15) is 0 Å². The van der Waals surface area contributed by atoms with Crippen molar-refractivity contribution in [3.63, 3.8) is 0 Å². The second-order valence-electron chi connectivity index (χ2n) is 16.1. The summed E-state index contributed by atoms with van der Waals surface area (Å²) in [5.41, 5.74) is 17.7. The van der Waals surface area contributed by atoms with Gasteiger partial charge in [0.15, 0.2) is 0 Å². The van der Waals surface area contributed by atoms with E-state index < -0.39 is 0 Å². The topological polar surface area (TPSA) is 19.6 Å². The fourth-order valence-corrected chi connectivity index (χ4v) is 9.26. The smallest absolute Gasteiger partial charge is 0.145 e. The molecule has 0 N–H and O–H groups in total. The molecule has 1 heterocycles. The first-order chi connectivity index (χ1) is 29.5. The van der Waals surface area contributed by atoms with Gasteiger partial charge in [-0.1, -0.05) is 159 Å². The van der Waals surface area contributed by atoms with Crippen molar-refractivity contribution in [3.05, 3.63) is 230 Å². The van der Waals surface area contributed by atoms with Gasteiger partial charge in [0.2, 0.25) is 0 Å². The molecule has 1 aromatic heterocycles. The number of hydrogen-bond acceptors (Lipinski definition) is 3. The minimum Gasteiger partial charge on any atom is -0.455 e. The summed E-state index contributed by atoms with van der Waals surface area (Å²) < 4.78 is 7.01. The number of rotatable bonds is 8. The molecule has 0 atom stereocenters. The molecule has 0 unspecified atom stereocenters. The molecule has 1 aliphatic carbocycles. The first-order valence-electron chi connectivity index (χ1n) is 20.7. The van der Waals surface area contributed by atoms with Gasteiger partial charge < -0.3 is 14.2 Å². The Bertz CT molecular complexity index is 3140. The lowest BCUT2D eigenvalue weighted by Crippen LogP contribution is -2.18. The molecule has 0 fully saturated rings. The molecule has 60 heavy (non-hydrogen) atoms. The average molecular weight is 771 g/mol. The summed E-state index contributed by atoms with van der Waals surface area (Å²) in [7, 11) is 0. The molecular weight excluding hydrogens is 729 g/mol. The lowest BCUT2D eigenvalue weighted by molar-refractivity contribution is 0.653. The number of para-hydroxylation sites is 3. The van der Waals surface area contributed by atoms with Gasteiger partial charge in [0.25, 0.3) is 0 Å². The molecule has 3 heteroatoms. The van der Waals surface area contributed by atoms with E-state index in [1.807, 2.05) is 0 Å². The molecule has 0 saturated carbocycles. The van der Waals surface area contributed by atoms with Crippen LogP contribution in [-0.4, -0.2) is 0 Å². The lowest BCUT2D eigenvalue weighted by atomic mass is 9.81. The normalized spacial score (nSPS) is 12.6. The highest BCUT2D eigenvalue weighted by atomic mass is 16.3. The zero-order chi connectivity index (χ0) is 40.2. The quantitative estimate of drug-likeness (QED) is 0.153. The summed E-state index contributed by atoms with van der Waals surface area (Å²) in [6, 6.07) is 78.3. The van der Waals surface area contributed by atoms with Gasteiger partial charge in [-0.15, -0.1) is 0 Å². The third kappa shape index (κ3) is 5.89. The lowest BCUT2D eigenvalue weighted by Gasteiger charge is -2.29. The van der Waals surface area contributed by atoms with Crippen molar-refractivity contribution in [2.75, 3.05) is 9.80 Å². The number of anilines is 6. The first-order valence-corrected chi connectivity index (χ1v) is 20.7. The number of benzene rings is 9. The van der Waals surface area contributed by atoms with Gasteiger partial charge in [-0.25, -0.2) is 0 Å². The first kappa shape index (κ1) is 35.5. The maximum Gasteiger partial charge on any atom is 0.145 e. The zero-order valence-corrected chi connectivity index (χ0v) is 33.6. The SMILES string of the molecule is CC1(C)c2cc(N(c3ccccc3)c3ccc(-c4ccccc4)cc3)ccc2-c2c1cc(N(c1ccccc1)c1ccc(-c3ccccc3)cc1)c1c2oc2ccccc21. The van der Waals surface area contributed by atoms with E-state index in [1.54, 1.807) is 0 Å². The highest BCUT2D eigenvalue weighted by molar-refractivity contribution is 6.19. The van der Waals surface area contributed by atoms with Crippen molar-refractivity contribution in [3.8, 4) is 33.4 Å². The molecule has 0 radical (unpaired) electrons. The molecular formula is C57H42N2O. The fraction of sp³-hybridized carbons (Fsp3) is 0.0526. The van der Waals surface area contributed by atoms with Crippen LogP contribution in [0.5, 0.6) is 0 Å². The maximum absolute atomic E-state index is 7.01. The van der Waals surface area contributed by atoms with Crippen LogP contribution in [-0.2, 0) is 5.41 Å². The van der Waals surface area contributed by atoms with Crippen molar-refractivity contribution in [1.82, 2.24) is 0 Å². The number of hydrogen-bond donors (Lipinski definition) is 0. The second-order valence-corrected chi connectivity index (χ2v) is 16.1. The molecule has 0 spiro atoms. The summed E-state index contributed by atoms with van der Waals surface area (Å²) in [6.45, 7) is 4.73.